The first-order valence-corrected chi connectivity index (χ1v) is 4.53. The van der Waals surface area contributed by atoms with Crippen LogP contribution in [-0.2, 0) is 4.79 Å². The SMILES string of the molecule is CCC(N)CC(C(N)=O)C(C)C. The second-order valence-corrected chi connectivity index (χ2v) is 3.66. The van der Waals surface area contributed by atoms with Crippen LogP contribution in [0.1, 0.15) is 33.6 Å². The van der Waals surface area contributed by atoms with Gasteiger partial charge in [-0.25, -0.2) is 0 Å². The molecule has 0 rings (SSSR count). The van der Waals surface area contributed by atoms with E-state index in [4.69, 9.17) is 11.5 Å². The van der Waals surface area contributed by atoms with Crippen LogP contribution in [0, 0.1) is 11.8 Å². The highest BCUT2D eigenvalue weighted by Gasteiger charge is 2.21. The second-order valence-electron chi connectivity index (χ2n) is 3.66. The Morgan fingerprint density at radius 1 is 1.42 bits per heavy atom. The number of carbonyl (C=O) groups is 1. The Morgan fingerprint density at radius 3 is 2.17 bits per heavy atom. The molecule has 0 saturated heterocycles. The molecule has 2 atom stereocenters. The van der Waals surface area contributed by atoms with Gasteiger partial charge in [0.25, 0.3) is 0 Å². The van der Waals surface area contributed by atoms with Gasteiger partial charge in [-0.05, 0) is 18.8 Å². The third kappa shape index (κ3) is 3.72. The zero-order valence-electron chi connectivity index (χ0n) is 8.21. The minimum absolute atomic E-state index is 0.0695. The van der Waals surface area contributed by atoms with Crippen molar-refractivity contribution in [2.45, 2.75) is 39.7 Å². The molecule has 0 aliphatic carbocycles. The normalized spacial score (nSPS) is 16.1. The van der Waals surface area contributed by atoms with E-state index in [1.807, 2.05) is 20.8 Å². The van der Waals surface area contributed by atoms with Crippen molar-refractivity contribution in [3.8, 4) is 0 Å². The average molecular weight is 172 g/mol. The Labute approximate surface area is 74.5 Å². The smallest absolute Gasteiger partial charge is 0.220 e. The molecule has 0 saturated carbocycles. The van der Waals surface area contributed by atoms with E-state index in [-0.39, 0.29) is 17.9 Å². The highest BCUT2D eigenvalue weighted by Crippen LogP contribution is 2.16. The summed E-state index contributed by atoms with van der Waals surface area (Å²) in [7, 11) is 0. The molecule has 3 heteroatoms. The number of amides is 1. The van der Waals surface area contributed by atoms with Gasteiger partial charge in [0.1, 0.15) is 0 Å². The van der Waals surface area contributed by atoms with E-state index < -0.39 is 0 Å². The van der Waals surface area contributed by atoms with Crippen molar-refractivity contribution in [2.24, 2.45) is 23.3 Å². The summed E-state index contributed by atoms with van der Waals surface area (Å²) in [5, 5.41) is 0. The molecule has 0 aliphatic heterocycles. The number of rotatable bonds is 5. The summed E-state index contributed by atoms with van der Waals surface area (Å²) in [6, 6.07) is 0.102. The van der Waals surface area contributed by atoms with Gasteiger partial charge in [0, 0.05) is 12.0 Å². The summed E-state index contributed by atoms with van der Waals surface area (Å²) >= 11 is 0. The number of hydrogen-bond donors (Lipinski definition) is 2. The zero-order chi connectivity index (χ0) is 9.72. The first kappa shape index (κ1) is 11.4. The summed E-state index contributed by atoms with van der Waals surface area (Å²) in [4.78, 5) is 11.0. The van der Waals surface area contributed by atoms with Crippen molar-refractivity contribution in [3.05, 3.63) is 0 Å². The van der Waals surface area contributed by atoms with Gasteiger partial charge < -0.3 is 11.5 Å². The molecule has 0 aliphatic rings. The fourth-order valence-electron chi connectivity index (χ4n) is 1.21. The van der Waals surface area contributed by atoms with Crippen molar-refractivity contribution in [3.63, 3.8) is 0 Å². The molecular weight excluding hydrogens is 152 g/mol. The molecule has 4 N–H and O–H groups in total. The van der Waals surface area contributed by atoms with Crippen LogP contribution in [0.25, 0.3) is 0 Å². The van der Waals surface area contributed by atoms with E-state index in [0.717, 1.165) is 6.42 Å². The third-order valence-corrected chi connectivity index (χ3v) is 2.25. The summed E-state index contributed by atoms with van der Waals surface area (Å²) in [5.74, 6) is -0.00560. The van der Waals surface area contributed by atoms with Gasteiger partial charge in [-0.1, -0.05) is 20.8 Å². The summed E-state index contributed by atoms with van der Waals surface area (Å²) in [6.07, 6.45) is 1.61. The maximum atomic E-state index is 11.0. The Kier molecular flexibility index (Phi) is 4.90. The maximum absolute atomic E-state index is 11.0. The predicted octanol–water partition coefficient (Wildman–Crippen LogP) is 0.871. The van der Waals surface area contributed by atoms with E-state index in [2.05, 4.69) is 0 Å². The highest BCUT2D eigenvalue weighted by atomic mass is 16.1. The minimum Gasteiger partial charge on any atom is -0.369 e. The number of nitrogens with two attached hydrogens (primary N) is 2. The van der Waals surface area contributed by atoms with E-state index >= 15 is 0 Å². The van der Waals surface area contributed by atoms with Crippen LogP contribution < -0.4 is 11.5 Å². The first-order valence-electron chi connectivity index (χ1n) is 4.53. The molecule has 0 aromatic heterocycles. The van der Waals surface area contributed by atoms with Gasteiger partial charge in [0.2, 0.25) is 5.91 Å². The van der Waals surface area contributed by atoms with Crippen LogP contribution in [0.2, 0.25) is 0 Å². The largest absolute Gasteiger partial charge is 0.369 e. The lowest BCUT2D eigenvalue weighted by atomic mass is 9.88. The Hall–Kier alpha value is -0.570. The van der Waals surface area contributed by atoms with Gasteiger partial charge >= 0.3 is 0 Å². The van der Waals surface area contributed by atoms with Crippen molar-refractivity contribution < 1.29 is 4.79 Å². The molecule has 0 heterocycles. The Bertz CT molecular complexity index is 145. The second kappa shape index (κ2) is 5.14. The lowest BCUT2D eigenvalue weighted by Crippen LogP contribution is -2.33. The van der Waals surface area contributed by atoms with E-state index in [1.54, 1.807) is 0 Å². The van der Waals surface area contributed by atoms with Crippen molar-refractivity contribution in [1.82, 2.24) is 0 Å². The molecule has 0 aromatic carbocycles. The van der Waals surface area contributed by atoms with Crippen molar-refractivity contribution >= 4 is 5.91 Å². The lowest BCUT2D eigenvalue weighted by Gasteiger charge is -2.20. The monoisotopic (exact) mass is 172 g/mol. The standard InChI is InChI=1S/C9H20N2O/c1-4-7(10)5-8(6(2)3)9(11)12/h6-8H,4-5,10H2,1-3H3,(H2,11,12). The van der Waals surface area contributed by atoms with Crippen molar-refractivity contribution in [2.75, 3.05) is 0 Å². The van der Waals surface area contributed by atoms with Gasteiger partial charge in [0.05, 0.1) is 0 Å². The molecule has 0 aromatic rings. The topological polar surface area (TPSA) is 69.1 Å². The maximum Gasteiger partial charge on any atom is 0.220 e. The molecule has 3 nitrogen and oxygen atoms in total. The Balaban J connectivity index is 4.05. The molecule has 1 amide bonds. The number of carbonyl (C=O) groups excluding carboxylic acids is 1. The molecule has 0 spiro atoms. The van der Waals surface area contributed by atoms with Crippen LogP contribution in [-0.4, -0.2) is 11.9 Å². The van der Waals surface area contributed by atoms with Crippen LogP contribution >= 0.6 is 0 Å². The first-order chi connectivity index (χ1) is 5.49. The van der Waals surface area contributed by atoms with Crippen LogP contribution in [0.4, 0.5) is 0 Å². The van der Waals surface area contributed by atoms with Crippen LogP contribution in [0.3, 0.4) is 0 Å². The van der Waals surface area contributed by atoms with Crippen molar-refractivity contribution in [1.29, 1.82) is 0 Å². The molecule has 0 bridgehead atoms. The van der Waals surface area contributed by atoms with Gasteiger partial charge in [-0.15, -0.1) is 0 Å². The fourth-order valence-corrected chi connectivity index (χ4v) is 1.21. The molecule has 0 radical (unpaired) electrons. The van der Waals surface area contributed by atoms with E-state index in [0.29, 0.717) is 12.3 Å². The van der Waals surface area contributed by atoms with Crippen LogP contribution in [0.5, 0.6) is 0 Å². The quantitative estimate of drug-likeness (QED) is 0.646. The number of primary amides is 1. The third-order valence-electron chi connectivity index (χ3n) is 2.25. The highest BCUT2D eigenvalue weighted by molar-refractivity contribution is 5.76. The van der Waals surface area contributed by atoms with Crippen LogP contribution in [0.15, 0.2) is 0 Å². The molecular formula is C9H20N2O. The average Bonchev–Trinajstić information content (AvgIpc) is 1.98. The minimum atomic E-state index is -0.228. The van der Waals surface area contributed by atoms with E-state index in [9.17, 15) is 4.79 Å². The zero-order valence-corrected chi connectivity index (χ0v) is 8.21. The molecule has 2 unspecified atom stereocenters. The number of hydrogen-bond acceptors (Lipinski definition) is 2. The summed E-state index contributed by atoms with van der Waals surface area (Å²) in [6.45, 7) is 6.01. The summed E-state index contributed by atoms with van der Waals surface area (Å²) < 4.78 is 0. The van der Waals surface area contributed by atoms with Gasteiger partial charge in [-0.2, -0.15) is 0 Å². The Morgan fingerprint density at radius 2 is 1.92 bits per heavy atom. The van der Waals surface area contributed by atoms with Gasteiger partial charge in [-0.3, -0.25) is 4.79 Å². The molecule has 12 heavy (non-hydrogen) atoms. The molecule has 72 valence electrons. The molecule has 0 fully saturated rings. The van der Waals surface area contributed by atoms with E-state index in [1.165, 1.54) is 0 Å². The van der Waals surface area contributed by atoms with Gasteiger partial charge in [0.15, 0.2) is 0 Å². The summed E-state index contributed by atoms with van der Waals surface area (Å²) in [5.41, 5.74) is 11.0. The predicted molar refractivity (Wildman–Crippen MR) is 50.4 cm³/mol. The lowest BCUT2D eigenvalue weighted by molar-refractivity contribution is -0.123. The fraction of sp³-hybridized carbons (Fsp3) is 0.889.